The van der Waals surface area contributed by atoms with Crippen LogP contribution < -0.4 is 10.2 Å². The first kappa shape index (κ1) is 40.1. The van der Waals surface area contributed by atoms with E-state index in [0.717, 1.165) is 25.7 Å². The number of carbonyl (C=O) groups is 3. The number of carbonyl (C=O) groups excluding carboxylic acids is 3. The number of cyclic esters (lactones) is 1. The Morgan fingerprint density at radius 3 is 1.17 bits per heavy atom. The zero-order valence-electron chi connectivity index (χ0n) is 23.3. The van der Waals surface area contributed by atoms with Gasteiger partial charge in [0.25, 0.3) is 0 Å². The third-order valence-electron chi connectivity index (χ3n) is 5.68. The summed E-state index contributed by atoms with van der Waals surface area (Å²) in [6.07, 6.45) is 22.3. The van der Waals surface area contributed by atoms with E-state index in [9.17, 15) is 24.6 Å². The summed E-state index contributed by atoms with van der Waals surface area (Å²) in [5.41, 5.74) is 0. The largest absolute Gasteiger partial charge is 2.00 e. The second-order valence-electron chi connectivity index (χ2n) is 9.17. The van der Waals surface area contributed by atoms with Crippen molar-refractivity contribution in [1.29, 1.82) is 0 Å². The van der Waals surface area contributed by atoms with Crippen molar-refractivity contribution in [3.8, 4) is 0 Å². The van der Waals surface area contributed by atoms with Gasteiger partial charge in [0.1, 0.15) is 13.2 Å². The molecule has 0 atom stereocenters. The fourth-order valence-electron chi connectivity index (χ4n) is 3.57. The molecule has 208 valence electrons. The monoisotopic (exact) mass is 540 g/mol. The van der Waals surface area contributed by atoms with Gasteiger partial charge < -0.3 is 29.3 Å². The fourth-order valence-corrected chi connectivity index (χ4v) is 3.57. The number of esters is 1. The van der Waals surface area contributed by atoms with Crippen LogP contribution in [0.25, 0.3) is 0 Å². The summed E-state index contributed by atoms with van der Waals surface area (Å²) in [7, 11) is 0. The van der Waals surface area contributed by atoms with Gasteiger partial charge in [-0.15, -0.1) is 0 Å². The van der Waals surface area contributed by atoms with E-state index < -0.39 is 11.9 Å². The van der Waals surface area contributed by atoms with Gasteiger partial charge in [-0.2, -0.15) is 0 Å². The Morgan fingerprint density at radius 2 is 0.944 bits per heavy atom. The van der Waals surface area contributed by atoms with Gasteiger partial charge in [0.05, 0.1) is 6.61 Å². The molecule has 36 heavy (non-hydrogen) atoms. The van der Waals surface area contributed by atoms with Gasteiger partial charge in [-0.05, 0) is 25.7 Å². The van der Waals surface area contributed by atoms with Crippen LogP contribution in [0, 0.1) is 0 Å². The molecule has 0 aromatic heterocycles. The van der Waals surface area contributed by atoms with E-state index >= 15 is 0 Å². The molecule has 0 unspecified atom stereocenters. The second-order valence-corrected chi connectivity index (χ2v) is 9.17. The van der Waals surface area contributed by atoms with Crippen LogP contribution in [0.1, 0.15) is 142 Å². The van der Waals surface area contributed by atoms with Crippen molar-refractivity contribution in [3.63, 3.8) is 0 Å². The molecule has 1 heterocycles. The Kier molecular flexibility index (Phi) is 38.6. The molecule has 0 aromatic carbocycles. The molecular weight excluding hydrogens is 488 g/mol. The molecule has 0 aliphatic carbocycles. The summed E-state index contributed by atoms with van der Waals surface area (Å²) in [6.45, 7) is 5.53. The molecule has 0 spiro atoms. The van der Waals surface area contributed by atoms with Crippen LogP contribution in [0.15, 0.2) is 0 Å². The fraction of sp³-hybridized carbons (Fsp3) is 0.893. The number of carboxylic acid groups (broad SMARTS) is 2. The van der Waals surface area contributed by atoms with Gasteiger partial charge in [-0.3, -0.25) is 0 Å². The van der Waals surface area contributed by atoms with Crippen LogP contribution in [0.4, 0.5) is 0 Å². The zero-order chi connectivity index (χ0) is 26.4. The summed E-state index contributed by atoms with van der Waals surface area (Å²) >= 11 is 0. The summed E-state index contributed by atoms with van der Waals surface area (Å²) < 4.78 is 9.22. The molecular formula is C28H52CaO7. The van der Waals surface area contributed by atoms with Crippen LogP contribution in [-0.2, 0) is 23.9 Å². The maximum Gasteiger partial charge on any atom is 2.00 e. The number of hydrogen-bond donors (Lipinski definition) is 0. The Hall–Kier alpha value is -0.370. The summed E-state index contributed by atoms with van der Waals surface area (Å²) in [5, 5.41) is 20.2. The van der Waals surface area contributed by atoms with Crippen molar-refractivity contribution < 1.29 is 34.1 Å². The standard InChI is InChI=1S/2C12H24O2.C4H6O3.Ca/c2*1-2-3-4-5-6-7-8-9-10-11-12(13)14;5-4-3-6-1-2-7-4;/h2*2-11H2,1H3,(H,13,14);1-3H2;/q;;;+2/p-2. The average Bonchev–Trinajstić information content (AvgIpc) is 2.83. The van der Waals surface area contributed by atoms with E-state index in [1.54, 1.807) is 0 Å². The van der Waals surface area contributed by atoms with Crippen LogP contribution >= 0.6 is 0 Å². The smallest absolute Gasteiger partial charge is 0.550 e. The van der Waals surface area contributed by atoms with E-state index in [4.69, 9.17) is 4.74 Å². The van der Waals surface area contributed by atoms with Crippen molar-refractivity contribution in [2.24, 2.45) is 0 Å². The number of carboxylic acids is 2. The molecule has 0 amide bonds. The minimum absolute atomic E-state index is 0. The maximum absolute atomic E-state index is 10.1. The quantitative estimate of drug-likeness (QED) is 0.127. The topological polar surface area (TPSA) is 116 Å². The SMILES string of the molecule is CCCCCCCCCCCC(=O)[O-].CCCCCCCCCCCC(=O)[O-].O=C1COCCO1.[Ca+2]. The molecule has 1 rings (SSSR count). The van der Waals surface area contributed by atoms with Gasteiger partial charge in [-0.25, -0.2) is 4.79 Å². The Bertz CT molecular complexity index is 447. The third-order valence-corrected chi connectivity index (χ3v) is 5.68. The first-order chi connectivity index (χ1) is 16.9. The number of aliphatic carboxylic acids is 2. The molecule has 8 heteroatoms. The third kappa shape index (κ3) is 40.8. The van der Waals surface area contributed by atoms with E-state index in [2.05, 4.69) is 18.6 Å². The Morgan fingerprint density at radius 1 is 0.611 bits per heavy atom. The first-order valence-electron chi connectivity index (χ1n) is 14.1. The van der Waals surface area contributed by atoms with Crippen molar-refractivity contribution in [2.45, 2.75) is 142 Å². The molecule has 0 radical (unpaired) electrons. The van der Waals surface area contributed by atoms with Crippen molar-refractivity contribution in [1.82, 2.24) is 0 Å². The maximum atomic E-state index is 10.1. The van der Waals surface area contributed by atoms with Gasteiger partial charge in [0, 0.05) is 11.9 Å². The molecule has 7 nitrogen and oxygen atoms in total. The van der Waals surface area contributed by atoms with Crippen molar-refractivity contribution >= 4 is 55.6 Å². The van der Waals surface area contributed by atoms with Crippen LogP contribution in [0.2, 0.25) is 0 Å². The number of unbranched alkanes of at least 4 members (excludes halogenated alkanes) is 16. The van der Waals surface area contributed by atoms with Gasteiger partial charge >= 0.3 is 43.7 Å². The molecule has 1 aliphatic rings. The number of rotatable bonds is 20. The van der Waals surface area contributed by atoms with Gasteiger partial charge in [0.2, 0.25) is 0 Å². The Balaban J connectivity index is -0.000000470. The zero-order valence-corrected chi connectivity index (χ0v) is 25.5. The average molecular weight is 541 g/mol. The molecule has 0 bridgehead atoms. The second kappa shape index (κ2) is 34.6. The predicted octanol–water partition coefficient (Wildman–Crippen LogP) is 4.49. The molecule has 0 N–H and O–H groups in total. The van der Waals surface area contributed by atoms with Crippen LogP contribution in [-0.4, -0.2) is 75.5 Å². The van der Waals surface area contributed by atoms with Crippen molar-refractivity contribution in [3.05, 3.63) is 0 Å². The Labute approximate surface area is 250 Å². The summed E-state index contributed by atoms with van der Waals surface area (Å²) in [4.78, 5) is 30.3. The summed E-state index contributed by atoms with van der Waals surface area (Å²) in [6, 6.07) is 0. The minimum atomic E-state index is -0.909. The van der Waals surface area contributed by atoms with Crippen LogP contribution in [0.3, 0.4) is 0 Å². The number of hydrogen-bond acceptors (Lipinski definition) is 7. The molecule has 0 aromatic rings. The normalized spacial score (nSPS) is 12.2. The first-order valence-corrected chi connectivity index (χ1v) is 14.1. The van der Waals surface area contributed by atoms with E-state index in [1.807, 2.05) is 0 Å². The molecule has 1 saturated heterocycles. The van der Waals surface area contributed by atoms with Gasteiger partial charge in [-0.1, -0.05) is 117 Å². The molecule has 1 aliphatic heterocycles. The molecule has 0 saturated carbocycles. The van der Waals surface area contributed by atoms with Crippen molar-refractivity contribution in [2.75, 3.05) is 19.8 Å². The predicted molar refractivity (Wildman–Crippen MR) is 141 cm³/mol. The number of ether oxygens (including phenoxy) is 2. The van der Waals surface area contributed by atoms with Crippen LogP contribution in [0.5, 0.6) is 0 Å². The summed E-state index contributed by atoms with van der Waals surface area (Å²) in [5.74, 6) is -2.08. The minimum Gasteiger partial charge on any atom is -0.550 e. The van der Waals surface area contributed by atoms with E-state index in [1.165, 1.54) is 89.9 Å². The van der Waals surface area contributed by atoms with E-state index in [-0.39, 0.29) is 63.2 Å². The van der Waals surface area contributed by atoms with E-state index in [0.29, 0.717) is 13.2 Å². The molecule has 1 fully saturated rings. The van der Waals surface area contributed by atoms with Gasteiger partial charge in [0.15, 0.2) is 0 Å².